The van der Waals surface area contributed by atoms with E-state index in [-0.39, 0.29) is 0 Å². The zero-order chi connectivity index (χ0) is 7.23. The third-order valence-corrected chi connectivity index (χ3v) is 2.32. The maximum absolute atomic E-state index is 5.57. The Kier molecular flexibility index (Phi) is 4.15. The van der Waals surface area contributed by atoms with Crippen LogP contribution in [0.5, 0.6) is 0 Å². The summed E-state index contributed by atoms with van der Waals surface area (Å²) < 4.78 is 0. The second-order valence-corrected chi connectivity index (χ2v) is 3.32. The molecule has 0 aromatic heterocycles. The highest BCUT2D eigenvalue weighted by Crippen LogP contribution is 2.08. The Labute approximate surface area is 68.4 Å². The van der Waals surface area contributed by atoms with E-state index in [0.29, 0.717) is 0 Å². The van der Waals surface area contributed by atoms with E-state index >= 15 is 0 Å². The Hall–Kier alpha value is 0.250. The van der Waals surface area contributed by atoms with Gasteiger partial charge in [0.05, 0.1) is 0 Å². The maximum atomic E-state index is 5.57. The molecule has 0 amide bonds. The van der Waals surface area contributed by atoms with E-state index in [0.717, 1.165) is 5.88 Å². The van der Waals surface area contributed by atoms with Crippen LogP contribution in [0.25, 0.3) is 0 Å². The van der Waals surface area contributed by atoms with Gasteiger partial charge in [0.25, 0.3) is 0 Å². The molecule has 0 saturated carbocycles. The number of nitrogens with zero attached hydrogens (tertiary/aromatic N) is 1. The third-order valence-electron chi connectivity index (χ3n) is 2.06. The average molecular weight is 162 g/mol. The summed E-state index contributed by atoms with van der Waals surface area (Å²) in [6.45, 7) is 3.91. The Balaban J connectivity index is 1.91. The number of hydrogen-bond donors (Lipinski definition) is 0. The molecular formula is C8H16ClN. The lowest BCUT2D eigenvalue weighted by atomic mass is 10.3. The third kappa shape index (κ3) is 2.89. The van der Waals surface area contributed by atoms with Crippen LogP contribution in [0.4, 0.5) is 0 Å². The van der Waals surface area contributed by atoms with E-state index in [9.17, 15) is 0 Å². The van der Waals surface area contributed by atoms with Crippen LogP contribution in [0.15, 0.2) is 0 Å². The zero-order valence-electron chi connectivity index (χ0n) is 6.48. The second kappa shape index (κ2) is 4.97. The molecule has 0 spiro atoms. The molecule has 2 heteroatoms. The van der Waals surface area contributed by atoms with E-state index in [1.807, 2.05) is 0 Å². The van der Waals surface area contributed by atoms with Crippen molar-refractivity contribution in [1.29, 1.82) is 0 Å². The van der Waals surface area contributed by atoms with Gasteiger partial charge in [-0.15, -0.1) is 11.6 Å². The molecule has 0 aliphatic carbocycles. The number of likely N-dealkylation sites (tertiary alicyclic amines) is 1. The van der Waals surface area contributed by atoms with Gasteiger partial charge >= 0.3 is 0 Å². The van der Waals surface area contributed by atoms with Crippen molar-refractivity contribution >= 4 is 11.6 Å². The van der Waals surface area contributed by atoms with Crippen molar-refractivity contribution in [2.45, 2.75) is 25.7 Å². The van der Waals surface area contributed by atoms with Crippen LogP contribution in [0.1, 0.15) is 25.7 Å². The molecule has 0 unspecified atom stereocenters. The van der Waals surface area contributed by atoms with Crippen LogP contribution in [-0.2, 0) is 0 Å². The summed E-state index contributed by atoms with van der Waals surface area (Å²) in [6, 6.07) is 0. The lowest BCUT2D eigenvalue weighted by molar-refractivity contribution is 0.333. The molecule has 1 fully saturated rings. The van der Waals surface area contributed by atoms with Crippen molar-refractivity contribution < 1.29 is 0 Å². The Morgan fingerprint density at radius 2 is 1.80 bits per heavy atom. The van der Waals surface area contributed by atoms with E-state index in [1.165, 1.54) is 45.3 Å². The first-order valence-corrected chi connectivity index (χ1v) is 4.75. The van der Waals surface area contributed by atoms with E-state index in [4.69, 9.17) is 11.6 Å². The predicted octanol–water partition coefficient (Wildman–Crippen LogP) is 2.10. The molecule has 0 bridgehead atoms. The SMILES string of the molecule is ClCCCCN1CCCC1. The summed E-state index contributed by atoms with van der Waals surface area (Å²) in [7, 11) is 0. The Bertz CT molecular complexity index is 79.3. The fraction of sp³-hybridized carbons (Fsp3) is 1.00. The van der Waals surface area contributed by atoms with Gasteiger partial charge in [-0.1, -0.05) is 0 Å². The molecule has 0 radical (unpaired) electrons. The maximum Gasteiger partial charge on any atom is 0.0223 e. The van der Waals surface area contributed by atoms with Crippen LogP contribution in [-0.4, -0.2) is 30.4 Å². The summed E-state index contributed by atoms with van der Waals surface area (Å²) in [5, 5.41) is 0. The Morgan fingerprint density at radius 3 is 2.40 bits per heavy atom. The quantitative estimate of drug-likeness (QED) is 0.451. The van der Waals surface area contributed by atoms with Gasteiger partial charge in [-0.25, -0.2) is 0 Å². The summed E-state index contributed by atoms with van der Waals surface area (Å²) in [5.74, 6) is 0.827. The van der Waals surface area contributed by atoms with Crippen LogP contribution in [0, 0.1) is 0 Å². The van der Waals surface area contributed by atoms with Crippen molar-refractivity contribution in [2.75, 3.05) is 25.5 Å². The lowest BCUT2D eigenvalue weighted by Gasteiger charge is -2.12. The molecular weight excluding hydrogens is 146 g/mol. The van der Waals surface area contributed by atoms with Gasteiger partial charge in [0, 0.05) is 5.88 Å². The predicted molar refractivity (Wildman–Crippen MR) is 45.6 cm³/mol. The van der Waals surface area contributed by atoms with Crippen molar-refractivity contribution in [3.63, 3.8) is 0 Å². The standard InChI is InChI=1S/C8H16ClN/c9-5-1-2-6-10-7-3-4-8-10/h1-8H2. The lowest BCUT2D eigenvalue weighted by Crippen LogP contribution is -2.20. The van der Waals surface area contributed by atoms with Gasteiger partial charge < -0.3 is 4.90 Å². The molecule has 1 saturated heterocycles. The van der Waals surface area contributed by atoms with Crippen molar-refractivity contribution in [3.05, 3.63) is 0 Å². The normalized spacial score (nSPS) is 20.1. The number of alkyl halides is 1. The molecule has 1 heterocycles. The van der Waals surface area contributed by atoms with Gasteiger partial charge in [0.15, 0.2) is 0 Å². The molecule has 10 heavy (non-hydrogen) atoms. The summed E-state index contributed by atoms with van der Waals surface area (Å²) >= 11 is 5.57. The summed E-state index contributed by atoms with van der Waals surface area (Å²) in [4.78, 5) is 2.53. The number of unbranched alkanes of at least 4 members (excludes halogenated alkanes) is 1. The molecule has 0 atom stereocenters. The van der Waals surface area contributed by atoms with E-state index in [1.54, 1.807) is 0 Å². The number of rotatable bonds is 4. The van der Waals surface area contributed by atoms with Gasteiger partial charge in [0.1, 0.15) is 0 Å². The second-order valence-electron chi connectivity index (χ2n) is 2.94. The zero-order valence-corrected chi connectivity index (χ0v) is 7.24. The summed E-state index contributed by atoms with van der Waals surface area (Å²) in [6.07, 6.45) is 5.27. The minimum atomic E-state index is 0.827. The van der Waals surface area contributed by atoms with Crippen LogP contribution in [0.3, 0.4) is 0 Å². The highest BCUT2D eigenvalue weighted by molar-refractivity contribution is 6.17. The first-order chi connectivity index (χ1) is 4.93. The molecule has 1 nitrogen and oxygen atoms in total. The van der Waals surface area contributed by atoms with Crippen LogP contribution in [0.2, 0.25) is 0 Å². The van der Waals surface area contributed by atoms with Gasteiger partial charge in [-0.3, -0.25) is 0 Å². The van der Waals surface area contributed by atoms with Crippen molar-refractivity contribution in [1.82, 2.24) is 4.90 Å². The largest absolute Gasteiger partial charge is 0.303 e. The van der Waals surface area contributed by atoms with Crippen molar-refractivity contribution in [2.24, 2.45) is 0 Å². The average Bonchev–Trinajstić information content (AvgIpc) is 2.41. The minimum Gasteiger partial charge on any atom is -0.303 e. The van der Waals surface area contributed by atoms with Crippen molar-refractivity contribution in [3.8, 4) is 0 Å². The molecule has 0 aromatic rings. The van der Waals surface area contributed by atoms with E-state index < -0.39 is 0 Å². The number of halogens is 1. The first kappa shape index (κ1) is 8.35. The number of hydrogen-bond acceptors (Lipinski definition) is 1. The Morgan fingerprint density at radius 1 is 1.10 bits per heavy atom. The molecule has 0 N–H and O–H groups in total. The fourth-order valence-electron chi connectivity index (χ4n) is 1.44. The topological polar surface area (TPSA) is 3.24 Å². The van der Waals surface area contributed by atoms with E-state index in [2.05, 4.69) is 4.90 Å². The smallest absolute Gasteiger partial charge is 0.0223 e. The van der Waals surface area contributed by atoms with Gasteiger partial charge in [0.2, 0.25) is 0 Å². The van der Waals surface area contributed by atoms with Crippen LogP contribution < -0.4 is 0 Å². The van der Waals surface area contributed by atoms with Gasteiger partial charge in [-0.2, -0.15) is 0 Å². The van der Waals surface area contributed by atoms with Gasteiger partial charge in [-0.05, 0) is 45.3 Å². The minimum absolute atomic E-state index is 0.827. The molecule has 1 rings (SSSR count). The highest BCUT2D eigenvalue weighted by Gasteiger charge is 2.09. The summed E-state index contributed by atoms with van der Waals surface area (Å²) in [5.41, 5.74) is 0. The molecule has 1 aliphatic heterocycles. The highest BCUT2D eigenvalue weighted by atomic mass is 35.5. The monoisotopic (exact) mass is 161 g/mol. The molecule has 0 aromatic carbocycles. The molecule has 1 aliphatic rings. The fourth-order valence-corrected chi connectivity index (χ4v) is 1.63. The molecule has 60 valence electrons. The van der Waals surface area contributed by atoms with Crippen LogP contribution >= 0.6 is 11.6 Å². The first-order valence-electron chi connectivity index (χ1n) is 4.22.